The third-order valence-corrected chi connectivity index (χ3v) is 5.73. The second-order valence-corrected chi connectivity index (χ2v) is 8.02. The molecule has 0 aliphatic rings. The van der Waals surface area contributed by atoms with E-state index in [2.05, 4.69) is 20.7 Å². The zero-order valence-corrected chi connectivity index (χ0v) is 19.3. The first-order valence-corrected chi connectivity index (χ1v) is 10.6. The van der Waals surface area contributed by atoms with E-state index < -0.39 is 0 Å². The Balaban J connectivity index is 1.83. The lowest BCUT2D eigenvalue weighted by atomic mass is 10.1. The van der Waals surface area contributed by atoms with E-state index in [1.807, 2.05) is 75.8 Å². The summed E-state index contributed by atoms with van der Waals surface area (Å²) in [5.74, 6) is 0.166. The number of carbonyl (C=O) groups excluding carboxylic acids is 1. The molecule has 0 aliphatic carbocycles. The Bertz CT molecular complexity index is 1130. The lowest BCUT2D eigenvalue weighted by molar-refractivity contribution is 0.0977. The zero-order valence-electron chi connectivity index (χ0n) is 18.6. The van der Waals surface area contributed by atoms with Crippen molar-refractivity contribution >= 4 is 29.2 Å². The maximum atomic E-state index is 12.8. The molecule has 0 spiro atoms. The van der Waals surface area contributed by atoms with Crippen LogP contribution < -0.4 is 10.6 Å². The van der Waals surface area contributed by atoms with E-state index in [0.717, 1.165) is 34.6 Å². The molecule has 0 saturated heterocycles. The molecule has 0 aliphatic heterocycles. The van der Waals surface area contributed by atoms with Crippen LogP contribution in [0.15, 0.2) is 47.5 Å². The van der Waals surface area contributed by atoms with Gasteiger partial charge in [-0.25, -0.2) is 0 Å². The number of hydrogen-bond donors (Lipinski definition) is 2. The second-order valence-electron chi connectivity index (χ2n) is 7.61. The molecular weight excluding hydrogens is 410 g/mol. The van der Waals surface area contributed by atoms with Crippen LogP contribution in [0, 0.1) is 27.7 Å². The minimum Gasteiger partial charge on any atom is -0.326 e. The molecule has 0 radical (unpaired) electrons. The summed E-state index contributed by atoms with van der Waals surface area (Å²) in [6, 6.07) is 13.1. The topological polar surface area (TPSA) is 71.3 Å². The van der Waals surface area contributed by atoms with Gasteiger partial charge in [0.25, 0.3) is 5.91 Å². The summed E-state index contributed by atoms with van der Waals surface area (Å²) < 4.78 is 1.88. The monoisotopic (exact) mass is 437 g/mol. The number of nitrogens with zero attached hydrogens (tertiary/aromatic N) is 3. The van der Waals surface area contributed by atoms with Crippen molar-refractivity contribution in [3.8, 4) is 0 Å². The van der Waals surface area contributed by atoms with Crippen LogP contribution in [0.1, 0.15) is 38.4 Å². The van der Waals surface area contributed by atoms with Crippen molar-refractivity contribution in [1.29, 1.82) is 0 Å². The van der Waals surface area contributed by atoms with Crippen molar-refractivity contribution in [2.75, 3.05) is 11.9 Å². The van der Waals surface area contributed by atoms with Crippen LogP contribution in [-0.2, 0) is 13.5 Å². The van der Waals surface area contributed by atoms with Gasteiger partial charge in [0.2, 0.25) is 5.96 Å². The van der Waals surface area contributed by atoms with Crippen molar-refractivity contribution in [2.45, 2.75) is 34.1 Å². The van der Waals surface area contributed by atoms with Crippen LogP contribution in [0.3, 0.4) is 0 Å². The van der Waals surface area contributed by atoms with Gasteiger partial charge in [0.05, 0.1) is 5.69 Å². The van der Waals surface area contributed by atoms with E-state index in [-0.39, 0.29) is 5.91 Å². The van der Waals surface area contributed by atoms with Gasteiger partial charge in [0.15, 0.2) is 0 Å². The number of benzene rings is 2. The molecule has 3 aromatic rings. The number of rotatable bonds is 5. The highest BCUT2D eigenvalue weighted by Crippen LogP contribution is 2.23. The predicted molar refractivity (Wildman–Crippen MR) is 127 cm³/mol. The molecule has 0 bridgehead atoms. The molecule has 2 N–H and O–H groups in total. The molecule has 6 nitrogen and oxygen atoms in total. The minimum atomic E-state index is -0.219. The fraction of sp³-hybridized carbons (Fsp3) is 0.292. The number of carbonyl (C=O) groups is 1. The molecule has 0 unspecified atom stereocenters. The molecule has 0 saturated carbocycles. The van der Waals surface area contributed by atoms with E-state index in [1.165, 1.54) is 5.56 Å². The third kappa shape index (κ3) is 5.52. The highest BCUT2D eigenvalue weighted by atomic mass is 35.5. The number of aryl methyl sites for hydroxylation is 3. The number of aliphatic imine (C=N–C) groups is 1. The summed E-state index contributed by atoms with van der Waals surface area (Å²) in [6.07, 6.45) is 0.728. The van der Waals surface area contributed by atoms with Gasteiger partial charge in [-0.05, 0) is 69.5 Å². The maximum Gasteiger partial charge on any atom is 0.257 e. The van der Waals surface area contributed by atoms with Gasteiger partial charge in [-0.1, -0.05) is 35.4 Å². The largest absolute Gasteiger partial charge is 0.326 e. The van der Waals surface area contributed by atoms with Gasteiger partial charge in [-0.15, -0.1) is 0 Å². The number of aromatic nitrogens is 2. The first kappa shape index (κ1) is 22.6. The van der Waals surface area contributed by atoms with Crippen molar-refractivity contribution in [3.63, 3.8) is 0 Å². The quantitative estimate of drug-likeness (QED) is 0.447. The molecule has 162 valence electrons. The van der Waals surface area contributed by atoms with Gasteiger partial charge < -0.3 is 5.32 Å². The lowest BCUT2D eigenvalue weighted by Gasteiger charge is -2.14. The smallest absolute Gasteiger partial charge is 0.257 e. The summed E-state index contributed by atoms with van der Waals surface area (Å²) in [4.78, 5) is 17.5. The van der Waals surface area contributed by atoms with Crippen LogP contribution in [0.5, 0.6) is 0 Å². The SMILES string of the molecule is Cc1cccc(C(=O)NC(=NCCc2c(C)nn(C)c2C)Nc2cccc(Cl)c2C)c1. The number of guanidine groups is 1. The van der Waals surface area contributed by atoms with Gasteiger partial charge in [0.1, 0.15) is 0 Å². The van der Waals surface area contributed by atoms with Crippen molar-refractivity contribution in [1.82, 2.24) is 15.1 Å². The van der Waals surface area contributed by atoms with Crippen molar-refractivity contribution in [3.05, 3.63) is 81.1 Å². The molecule has 31 heavy (non-hydrogen) atoms. The number of anilines is 1. The van der Waals surface area contributed by atoms with Gasteiger partial charge in [-0.3, -0.25) is 19.8 Å². The molecule has 7 heteroatoms. The fourth-order valence-corrected chi connectivity index (χ4v) is 3.58. The molecule has 0 fully saturated rings. The zero-order chi connectivity index (χ0) is 22.5. The summed E-state index contributed by atoms with van der Waals surface area (Å²) in [7, 11) is 1.94. The molecule has 1 amide bonds. The Morgan fingerprint density at radius 1 is 1.13 bits per heavy atom. The summed E-state index contributed by atoms with van der Waals surface area (Å²) in [5, 5.41) is 11.3. The van der Waals surface area contributed by atoms with Crippen LogP contribution in [0.4, 0.5) is 5.69 Å². The van der Waals surface area contributed by atoms with Gasteiger partial charge in [-0.2, -0.15) is 5.10 Å². The molecule has 0 atom stereocenters. The average molecular weight is 438 g/mol. The Labute approximate surface area is 188 Å². The molecule has 3 rings (SSSR count). The Kier molecular flexibility index (Phi) is 7.13. The Morgan fingerprint density at radius 3 is 2.55 bits per heavy atom. The average Bonchev–Trinajstić information content (AvgIpc) is 2.97. The third-order valence-electron chi connectivity index (χ3n) is 5.32. The Hall–Kier alpha value is -3.12. The summed E-state index contributed by atoms with van der Waals surface area (Å²) >= 11 is 6.26. The standard InChI is InChI=1S/C24H28ClN5O/c1-15-8-6-9-19(14-15)23(31)28-24(27-22-11-7-10-21(25)16(22)2)26-13-12-20-17(3)29-30(5)18(20)4/h6-11,14H,12-13H2,1-5H3,(H2,26,27,28,31). The predicted octanol–water partition coefficient (Wildman–Crippen LogP) is 4.75. The van der Waals surface area contributed by atoms with Crippen LogP contribution in [-0.4, -0.2) is 28.2 Å². The number of nitrogens with one attached hydrogen (secondary N) is 2. The van der Waals surface area contributed by atoms with E-state index in [4.69, 9.17) is 11.6 Å². The van der Waals surface area contributed by atoms with Crippen molar-refractivity contribution in [2.24, 2.45) is 12.0 Å². The molecule has 1 aromatic heterocycles. The Morgan fingerprint density at radius 2 is 1.87 bits per heavy atom. The molecular formula is C24H28ClN5O. The summed E-state index contributed by atoms with van der Waals surface area (Å²) in [6.45, 7) is 8.43. The van der Waals surface area contributed by atoms with E-state index in [9.17, 15) is 4.79 Å². The van der Waals surface area contributed by atoms with Crippen LogP contribution in [0.2, 0.25) is 5.02 Å². The maximum absolute atomic E-state index is 12.8. The highest BCUT2D eigenvalue weighted by Gasteiger charge is 2.13. The van der Waals surface area contributed by atoms with E-state index >= 15 is 0 Å². The first-order valence-electron chi connectivity index (χ1n) is 10.2. The van der Waals surface area contributed by atoms with Crippen LogP contribution >= 0.6 is 11.6 Å². The van der Waals surface area contributed by atoms with Gasteiger partial charge in [0, 0.05) is 35.6 Å². The van der Waals surface area contributed by atoms with E-state index in [0.29, 0.717) is 23.1 Å². The minimum absolute atomic E-state index is 0.219. The van der Waals surface area contributed by atoms with Crippen molar-refractivity contribution < 1.29 is 4.79 Å². The normalized spacial score (nSPS) is 11.5. The van der Waals surface area contributed by atoms with Gasteiger partial charge >= 0.3 is 0 Å². The fourth-order valence-electron chi connectivity index (χ4n) is 3.41. The molecule has 1 heterocycles. The van der Waals surface area contributed by atoms with Crippen LogP contribution in [0.25, 0.3) is 0 Å². The first-order chi connectivity index (χ1) is 14.8. The lowest BCUT2D eigenvalue weighted by Crippen LogP contribution is -2.36. The summed E-state index contributed by atoms with van der Waals surface area (Å²) in [5.41, 5.74) is 6.58. The van der Waals surface area contributed by atoms with E-state index in [1.54, 1.807) is 6.07 Å². The second kappa shape index (κ2) is 9.79. The number of amides is 1. The number of hydrogen-bond acceptors (Lipinski definition) is 3. The molecule has 2 aromatic carbocycles. The highest BCUT2D eigenvalue weighted by molar-refractivity contribution is 6.31. The number of halogens is 1.